The molecule has 186 valence electrons. The smallest absolute Gasteiger partial charge is 0.254 e. The number of H-pyrrole nitrogens is 2. The summed E-state index contributed by atoms with van der Waals surface area (Å²) in [7, 11) is 0. The van der Waals surface area contributed by atoms with Crippen LogP contribution >= 0.6 is 0 Å². The van der Waals surface area contributed by atoms with E-state index < -0.39 is 0 Å². The molecule has 3 aromatic rings. The van der Waals surface area contributed by atoms with E-state index in [1.165, 1.54) is 38.0 Å². The first-order valence-electron chi connectivity index (χ1n) is 12.8. The topological polar surface area (TPSA) is 84.2 Å². The molecule has 35 heavy (non-hydrogen) atoms. The molecule has 2 aliphatic heterocycles. The van der Waals surface area contributed by atoms with Crippen molar-refractivity contribution in [3.63, 3.8) is 0 Å². The van der Waals surface area contributed by atoms with Gasteiger partial charge in [-0.15, -0.1) is 0 Å². The molecule has 0 unspecified atom stereocenters. The van der Waals surface area contributed by atoms with Crippen molar-refractivity contribution in [1.82, 2.24) is 34.6 Å². The van der Waals surface area contributed by atoms with Crippen LogP contribution in [-0.4, -0.2) is 73.3 Å². The van der Waals surface area contributed by atoms with Crippen LogP contribution in [0.25, 0.3) is 0 Å². The van der Waals surface area contributed by atoms with Gasteiger partial charge in [0.25, 0.3) is 5.91 Å². The van der Waals surface area contributed by atoms with Crippen LogP contribution in [0.5, 0.6) is 0 Å². The van der Waals surface area contributed by atoms with Crippen LogP contribution in [0.2, 0.25) is 0 Å². The monoisotopic (exact) mass is 475 g/mol. The molecule has 4 heterocycles. The van der Waals surface area contributed by atoms with E-state index in [1.54, 1.807) is 29.7 Å². The number of hydrogen-bond donors (Lipinski definition) is 2. The first-order valence-corrected chi connectivity index (χ1v) is 12.8. The number of piperidine rings is 1. The van der Waals surface area contributed by atoms with Crippen molar-refractivity contribution in [2.24, 2.45) is 11.3 Å². The highest BCUT2D eigenvalue weighted by Crippen LogP contribution is 2.40. The Kier molecular flexibility index (Phi) is 7.02. The Balaban J connectivity index is 1.16. The molecule has 8 heteroatoms. The number of aromatic nitrogens is 4. The molecule has 2 fully saturated rings. The van der Waals surface area contributed by atoms with Gasteiger partial charge >= 0.3 is 0 Å². The SMILES string of the molecule is CC(C)CN1CC2(CCN(Cc3ccc(C(=O)N(Cc4ncc[nH]4)Cc4ncc[nH]4)cc3)CC2)C1. The molecule has 1 spiro atoms. The van der Waals surface area contributed by atoms with Gasteiger partial charge in [-0.2, -0.15) is 0 Å². The minimum absolute atomic E-state index is 0.0276. The minimum Gasteiger partial charge on any atom is -0.347 e. The predicted molar refractivity (Wildman–Crippen MR) is 135 cm³/mol. The molecule has 8 nitrogen and oxygen atoms in total. The third kappa shape index (κ3) is 5.82. The molecule has 2 aromatic heterocycles. The molecule has 1 amide bonds. The summed E-state index contributed by atoms with van der Waals surface area (Å²) in [6.45, 7) is 12.5. The highest BCUT2D eigenvalue weighted by atomic mass is 16.2. The first-order chi connectivity index (χ1) is 17.0. The number of benzene rings is 1. The van der Waals surface area contributed by atoms with Crippen LogP contribution in [0.15, 0.2) is 49.1 Å². The molecule has 0 atom stereocenters. The summed E-state index contributed by atoms with van der Waals surface area (Å²) in [4.78, 5) is 35.0. The van der Waals surface area contributed by atoms with Crippen molar-refractivity contribution in [3.8, 4) is 0 Å². The molecule has 0 radical (unpaired) electrons. The van der Waals surface area contributed by atoms with E-state index in [1.807, 2.05) is 12.1 Å². The number of hydrogen-bond acceptors (Lipinski definition) is 5. The molecular formula is C27H37N7O. The van der Waals surface area contributed by atoms with E-state index >= 15 is 0 Å². The lowest BCUT2D eigenvalue weighted by Gasteiger charge is -2.54. The van der Waals surface area contributed by atoms with Gasteiger partial charge in [-0.05, 0) is 55.0 Å². The summed E-state index contributed by atoms with van der Waals surface area (Å²) in [5.74, 6) is 2.23. The number of rotatable bonds is 9. The summed E-state index contributed by atoms with van der Waals surface area (Å²) < 4.78 is 0. The minimum atomic E-state index is -0.0276. The van der Waals surface area contributed by atoms with Crippen molar-refractivity contribution >= 4 is 5.91 Å². The summed E-state index contributed by atoms with van der Waals surface area (Å²) in [5, 5.41) is 0. The number of carbonyl (C=O) groups is 1. The van der Waals surface area contributed by atoms with E-state index in [4.69, 9.17) is 0 Å². The second-order valence-corrected chi connectivity index (χ2v) is 10.8. The van der Waals surface area contributed by atoms with Crippen LogP contribution in [-0.2, 0) is 19.6 Å². The molecule has 5 rings (SSSR count). The van der Waals surface area contributed by atoms with Crippen LogP contribution in [0.3, 0.4) is 0 Å². The van der Waals surface area contributed by atoms with Crippen LogP contribution in [0.4, 0.5) is 0 Å². The van der Waals surface area contributed by atoms with Gasteiger partial charge in [0.15, 0.2) is 0 Å². The average molecular weight is 476 g/mol. The van der Waals surface area contributed by atoms with Crippen molar-refractivity contribution in [3.05, 3.63) is 71.8 Å². The number of nitrogens with one attached hydrogen (secondary N) is 2. The predicted octanol–water partition coefficient (Wildman–Crippen LogP) is 3.53. The van der Waals surface area contributed by atoms with Crippen LogP contribution in [0.1, 0.15) is 54.3 Å². The summed E-state index contributed by atoms with van der Waals surface area (Å²) >= 11 is 0. The fourth-order valence-electron chi connectivity index (χ4n) is 5.57. The largest absolute Gasteiger partial charge is 0.347 e. The van der Waals surface area contributed by atoms with Crippen molar-refractivity contribution in [2.45, 2.75) is 46.3 Å². The Hall–Kier alpha value is -2.97. The lowest BCUT2D eigenvalue weighted by molar-refractivity contribution is -0.0525. The van der Waals surface area contributed by atoms with Gasteiger partial charge in [-0.3, -0.25) is 9.69 Å². The number of carbonyl (C=O) groups excluding carboxylic acids is 1. The first kappa shape index (κ1) is 23.8. The standard InChI is InChI=1S/C27H37N7O/c1-21(2)15-33-19-27(20-33)7-13-32(14-8-27)16-22-3-5-23(6-4-22)26(35)34(17-24-28-9-10-29-24)18-25-30-11-12-31-25/h3-6,9-12,21H,7-8,13-20H2,1-2H3,(H,28,29)(H,30,31). The lowest BCUT2D eigenvalue weighted by Crippen LogP contribution is -2.60. The van der Waals surface area contributed by atoms with E-state index in [2.05, 4.69) is 55.7 Å². The zero-order valence-corrected chi connectivity index (χ0v) is 20.9. The van der Waals surface area contributed by atoms with Crippen molar-refractivity contribution < 1.29 is 4.79 Å². The highest BCUT2D eigenvalue weighted by molar-refractivity contribution is 5.94. The zero-order valence-electron chi connectivity index (χ0n) is 20.9. The quantitative estimate of drug-likeness (QED) is 0.495. The maximum atomic E-state index is 13.3. The van der Waals surface area contributed by atoms with Gasteiger partial charge in [0.2, 0.25) is 0 Å². The Morgan fingerprint density at radius 1 is 0.971 bits per heavy atom. The fraction of sp³-hybridized carbons (Fsp3) is 0.519. The maximum absolute atomic E-state index is 13.3. The molecule has 0 saturated carbocycles. The maximum Gasteiger partial charge on any atom is 0.254 e. The lowest BCUT2D eigenvalue weighted by atomic mass is 9.71. The zero-order chi connectivity index (χ0) is 24.3. The molecule has 1 aromatic carbocycles. The van der Waals surface area contributed by atoms with E-state index in [0.717, 1.165) is 37.2 Å². The number of imidazole rings is 2. The molecular weight excluding hydrogens is 438 g/mol. The van der Waals surface area contributed by atoms with E-state index in [9.17, 15) is 4.79 Å². The summed E-state index contributed by atoms with van der Waals surface area (Å²) in [6.07, 6.45) is 9.55. The Bertz CT molecular complexity index is 1020. The fourth-order valence-corrected chi connectivity index (χ4v) is 5.57. The summed E-state index contributed by atoms with van der Waals surface area (Å²) in [5.41, 5.74) is 2.51. The third-order valence-electron chi connectivity index (χ3n) is 7.34. The van der Waals surface area contributed by atoms with Gasteiger partial charge in [0.1, 0.15) is 11.6 Å². The second kappa shape index (κ2) is 10.3. The van der Waals surface area contributed by atoms with E-state index in [-0.39, 0.29) is 5.91 Å². The normalized spacial score (nSPS) is 18.1. The Labute approximate surface area is 207 Å². The number of likely N-dealkylation sites (tertiary alicyclic amines) is 2. The van der Waals surface area contributed by atoms with Crippen molar-refractivity contribution in [2.75, 3.05) is 32.7 Å². The van der Waals surface area contributed by atoms with Gasteiger partial charge in [0, 0.05) is 56.5 Å². The van der Waals surface area contributed by atoms with Crippen molar-refractivity contribution in [1.29, 1.82) is 0 Å². The average Bonchev–Trinajstić information content (AvgIpc) is 3.53. The highest BCUT2D eigenvalue weighted by Gasteiger charge is 2.44. The number of nitrogens with zero attached hydrogens (tertiary/aromatic N) is 5. The second-order valence-electron chi connectivity index (χ2n) is 10.8. The van der Waals surface area contributed by atoms with Gasteiger partial charge in [0.05, 0.1) is 13.1 Å². The van der Waals surface area contributed by atoms with E-state index in [0.29, 0.717) is 24.1 Å². The Morgan fingerprint density at radius 2 is 1.57 bits per heavy atom. The van der Waals surface area contributed by atoms with Crippen LogP contribution < -0.4 is 0 Å². The number of aromatic amines is 2. The third-order valence-corrected chi connectivity index (χ3v) is 7.34. The number of amides is 1. The molecule has 0 bridgehead atoms. The molecule has 2 aliphatic rings. The molecule has 2 N–H and O–H groups in total. The Morgan fingerprint density at radius 3 is 2.09 bits per heavy atom. The molecule has 2 saturated heterocycles. The summed E-state index contributed by atoms with van der Waals surface area (Å²) in [6, 6.07) is 8.11. The van der Waals surface area contributed by atoms with Crippen LogP contribution in [0, 0.1) is 11.3 Å². The van der Waals surface area contributed by atoms with Gasteiger partial charge < -0.3 is 19.8 Å². The molecule has 0 aliphatic carbocycles. The van der Waals surface area contributed by atoms with Gasteiger partial charge in [-0.25, -0.2) is 9.97 Å². The van der Waals surface area contributed by atoms with Gasteiger partial charge in [-0.1, -0.05) is 26.0 Å².